The van der Waals surface area contributed by atoms with Gasteiger partial charge in [0.2, 0.25) is 5.91 Å². The molecule has 0 aliphatic heterocycles. The molecule has 0 unspecified atom stereocenters. The Morgan fingerprint density at radius 3 is 1.82 bits per heavy atom. The van der Waals surface area contributed by atoms with Crippen LogP contribution in [0.25, 0.3) is 0 Å². The quantitative estimate of drug-likeness (QED) is 0.0641. The number of rotatable bonds is 27. The second kappa shape index (κ2) is 33.3. The summed E-state index contributed by atoms with van der Waals surface area (Å²) in [6, 6.07) is 0. The molecule has 1 amide bonds. The standard InChI is InChI=1S/C28H52N2O6.2Na/c1-2-3-4-5-6-7-8-9-10-11-12-13-14-15-16-17-26(31)29-20-22-30(21-18-27(32)33)23-25-36-24-19-28(34)35;;/h9-10H,2-8,11-25H2,1H3,(H,29,31)(H,32,33)(H,34,35);;/q;2*+1/p-2/b10-9-;;. The van der Waals surface area contributed by atoms with Gasteiger partial charge in [0.15, 0.2) is 0 Å². The second-order valence-electron chi connectivity index (χ2n) is 9.38. The number of unbranched alkanes of at least 4 members (excludes halogenated alkanes) is 11. The van der Waals surface area contributed by atoms with Crippen molar-refractivity contribution < 1.29 is 88.4 Å². The van der Waals surface area contributed by atoms with Crippen molar-refractivity contribution in [3.05, 3.63) is 12.2 Å². The summed E-state index contributed by atoms with van der Waals surface area (Å²) >= 11 is 0. The van der Waals surface area contributed by atoms with Crippen molar-refractivity contribution in [2.75, 3.05) is 39.4 Å². The van der Waals surface area contributed by atoms with Crippen LogP contribution in [0, 0.1) is 0 Å². The van der Waals surface area contributed by atoms with Crippen molar-refractivity contribution in [2.45, 2.75) is 110 Å². The number of aliphatic carboxylic acids is 2. The summed E-state index contributed by atoms with van der Waals surface area (Å²) in [5.41, 5.74) is 0. The number of hydrogen-bond donors (Lipinski definition) is 1. The molecule has 10 heteroatoms. The number of ether oxygens (including phenoxy) is 1. The van der Waals surface area contributed by atoms with Gasteiger partial charge in [-0.05, 0) is 38.5 Å². The van der Waals surface area contributed by atoms with Crippen LogP contribution in [0.3, 0.4) is 0 Å². The topological polar surface area (TPSA) is 122 Å². The molecule has 0 heterocycles. The van der Waals surface area contributed by atoms with Crippen LogP contribution in [0.2, 0.25) is 0 Å². The molecule has 210 valence electrons. The normalized spacial score (nSPS) is 10.8. The zero-order valence-corrected chi connectivity index (χ0v) is 28.6. The minimum absolute atomic E-state index is 0. The van der Waals surface area contributed by atoms with Crippen molar-refractivity contribution in [2.24, 2.45) is 0 Å². The minimum atomic E-state index is -1.17. The van der Waals surface area contributed by atoms with Gasteiger partial charge in [0.25, 0.3) is 0 Å². The third-order valence-corrected chi connectivity index (χ3v) is 6.05. The summed E-state index contributed by atoms with van der Waals surface area (Å²) < 4.78 is 5.23. The molecule has 0 bridgehead atoms. The Morgan fingerprint density at radius 1 is 0.684 bits per heavy atom. The molecule has 0 saturated carbocycles. The van der Waals surface area contributed by atoms with E-state index >= 15 is 0 Å². The zero-order valence-electron chi connectivity index (χ0n) is 24.6. The van der Waals surface area contributed by atoms with Crippen LogP contribution in [0.4, 0.5) is 0 Å². The van der Waals surface area contributed by atoms with E-state index in [0.717, 1.165) is 25.7 Å². The Kier molecular flexibility index (Phi) is 37.2. The van der Waals surface area contributed by atoms with Gasteiger partial charge in [0.05, 0.1) is 13.2 Å². The summed E-state index contributed by atoms with van der Waals surface area (Å²) in [4.78, 5) is 35.0. The van der Waals surface area contributed by atoms with Gasteiger partial charge >= 0.3 is 59.1 Å². The predicted molar refractivity (Wildman–Crippen MR) is 139 cm³/mol. The molecule has 0 fully saturated rings. The Labute approximate surface area is 275 Å². The van der Waals surface area contributed by atoms with E-state index < -0.39 is 11.9 Å². The number of amides is 1. The minimum Gasteiger partial charge on any atom is -0.550 e. The maximum absolute atomic E-state index is 12.1. The van der Waals surface area contributed by atoms with E-state index in [4.69, 9.17) is 4.74 Å². The molecule has 0 aliphatic carbocycles. The molecule has 0 atom stereocenters. The zero-order chi connectivity index (χ0) is 26.7. The van der Waals surface area contributed by atoms with Gasteiger partial charge in [0, 0.05) is 51.0 Å². The number of hydrogen-bond acceptors (Lipinski definition) is 7. The van der Waals surface area contributed by atoms with Gasteiger partial charge in [-0.15, -0.1) is 0 Å². The SMILES string of the molecule is CCCCCCCC/C=C\CCCCCCCC(=O)NCCN(CCOCCC(=O)[O-])CCC(=O)[O-].[Na+].[Na+]. The fourth-order valence-electron chi connectivity index (χ4n) is 3.83. The largest absolute Gasteiger partial charge is 1.00 e. The van der Waals surface area contributed by atoms with Crippen molar-refractivity contribution in [3.63, 3.8) is 0 Å². The van der Waals surface area contributed by atoms with E-state index in [1.54, 1.807) is 0 Å². The van der Waals surface area contributed by atoms with E-state index in [1.165, 1.54) is 57.8 Å². The Bertz CT molecular complexity index is 594. The first-order chi connectivity index (χ1) is 17.5. The van der Waals surface area contributed by atoms with Crippen molar-refractivity contribution >= 4 is 17.8 Å². The van der Waals surface area contributed by atoms with Crippen molar-refractivity contribution in [1.82, 2.24) is 10.2 Å². The molecule has 0 rings (SSSR count). The fourth-order valence-corrected chi connectivity index (χ4v) is 3.83. The smallest absolute Gasteiger partial charge is 0.550 e. The van der Waals surface area contributed by atoms with Gasteiger partial charge in [-0.2, -0.15) is 0 Å². The molecule has 0 aromatic carbocycles. The molecular formula is C28H50N2Na2O6. The monoisotopic (exact) mass is 556 g/mol. The summed E-state index contributed by atoms with van der Waals surface area (Å²) in [7, 11) is 0. The number of allylic oxidation sites excluding steroid dienone is 2. The van der Waals surface area contributed by atoms with Crippen LogP contribution in [-0.2, 0) is 19.1 Å². The summed E-state index contributed by atoms with van der Waals surface area (Å²) in [5.74, 6) is -2.29. The number of nitrogens with zero attached hydrogens (tertiary/aromatic N) is 1. The maximum atomic E-state index is 12.1. The Morgan fingerprint density at radius 2 is 1.24 bits per heavy atom. The van der Waals surface area contributed by atoms with Crippen molar-refractivity contribution in [3.8, 4) is 0 Å². The number of carboxylic acids is 2. The summed E-state index contributed by atoms with van der Waals surface area (Å²) in [5, 5.41) is 24.0. The van der Waals surface area contributed by atoms with Crippen molar-refractivity contribution in [1.29, 1.82) is 0 Å². The number of nitrogens with one attached hydrogen (secondary N) is 1. The van der Waals surface area contributed by atoms with Gasteiger partial charge in [-0.1, -0.05) is 70.4 Å². The molecule has 8 nitrogen and oxygen atoms in total. The molecule has 0 aliphatic rings. The van der Waals surface area contributed by atoms with Crippen LogP contribution >= 0.6 is 0 Å². The Hall–Kier alpha value is 0.0700. The van der Waals surface area contributed by atoms with E-state index in [9.17, 15) is 24.6 Å². The Balaban J connectivity index is -0.00000612. The van der Waals surface area contributed by atoms with Crippen LogP contribution in [0.5, 0.6) is 0 Å². The predicted octanol–water partition coefficient (Wildman–Crippen LogP) is -3.25. The van der Waals surface area contributed by atoms with Crippen LogP contribution in [-0.4, -0.2) is 62.1 Å². The molecule has 38 heavy (non-hydrogen) atoms. The van der Waals surface area contributed by atoms with Gasteiger partial charge in [0.1, 0.15) is 0 Å². The first-order valence-corrected chi connectivity index (χ1v) is 14.1. The second-order valence-corrected chi connectivity index (χ2v) is 9.38. The molecule has 0 aromatic rings. The van der Waals surface area contributed by atoms with Crippen LogP contribution in [0.15, 0.2) is 12.2 Å². The average molecular weight is 557 g/mol. The van der Waals surface area contributed by atoms with E-state index in [1.807, 2.05) is 4.90 Å². The number of carboxylic acid groups (broad SMARTS) is 2. The molecule has 0 saturated heterocycles. The van der Waals surface area contributed by atoms with Gasteiger partial charge in [-0.25, -0.2) is 0 Å². The van der Waals surface area contributed by atoms with E-state index in [2.05, 4.69) is 24.4 Å². The number of carbonyl (C=O) groups excluding carboxylic acids is 3. The average Bonchev–Trinajstić information content (AvgIpc) is 2.84. The van der Waals surface area contributed by atoms with Gasteiger partial charge in [-0.3, -0.25) is 9.69 Å². The third-order valence-electron chi connectivity index (χ3n) is 6.05. The molecule has 0 aromatic heterocycles. The third kappa shape index (κ3) is 34.1. The summed E-state index contributed by atoms with van der Waals surface area (Å²) in [6.07, 6.45) is 20.8. The number of carbonyl (C=O) groups is 3. The van der Waals surface area contributed by atoms with Crippen LogP contribution in [0.1, 0.15) is 110 Å². The summed E-state index contributed by atoms with van der Waals surface area (Å²) in [6.45, 7) is 4.25. The van der Waals surface area contributed by atoms with Crippen LogP contribution < -0.4 is 74.6 Å². The van der Waals surface area contributed by atoms with Gasteiger partial charge < -0.3 is 29.9 Å². The molecular weight excluding hydrogens is 506 g/mol. The fraction of sp³-hybridized carbons (Fsp3) is 0.821. The molecule has 1 N–H and O–H groups in total. The molecule has 0 radical (unpaired) electrons. The molecule has 0 spiro atoms. The maximum Gasteiger partial charge on any atom is 1.00 e. The van der Waals surface area contributed by atoms with E-state index in [-0.39, 0.29) is 97.6 Å². The van der Waals surface area contributed by atoms with E-state index in [0.29, 0.717) is 26.1 Å². The first-order valence-electron chi connectivity index (χ1n) is 14.1. The first kappa shape index (κ1) is 42.5.